The number of carboxylic acid groups (broad SMARTS) is 1. The number of aromatic nitrogens is 1. The number of carbonyl (C=O) groups is 1. The van der Waals surface area contributed by atoms with Gasteiger partial charge in [-0.05, 0) is 92.7 Å². The molecule has 2 fully saturated rings. The van der Waals surface area contributed by atoms with Crippen molar-refractivity contribution < 1.29 is 23.8 Å². The molecule has 0 bridgehead atoms. The van der Waals surface area contributed by atoms with Crippen molar-refractivity contribution in [2.45, 2.75) is 76.0 Å². The zero-order valence-corrected chi connectivity index (χ0v) is 21.5. The van der Waals surface area contributed by atoms with Crippen molar-refractivity contribution in [3.8, 4) is 0 Å². The first-order valence-corrected chi connectivity index (χ1v) is 13.8. The lowest BCUT2D eigenvalue weighted by Gasteiger charge is -2.30. The maximum atomic E-state index is 14.3. The van der Waals surface area contributed by atoms with Crippen molar-refractivity contribution in [3.63, 3.8) is 0 Å². The van der Waals surface area contributed by atoms with Gasteiger partial charge < -0.3 is 19.9 Å². The summed E-state index contributed by atoms with van der Waals surface area (Å²) in [6.45, 7) is 3.41. The molecule has 3 atom stereocenters. The Morgan fingerprint density at radius 1 is 1.22 bits per heavy atom. The summed E-state index contributed by atoms with van der Waals surface area (Å²) in [6.07, 6.45) is 8.53. The second-order valence-corrected chi connectivity index (χ2v) is 10.4. The molecule has 5 rings (SSSR count). The summed E-state index contributed by atoms with van der Waals surface area (Å²) in [5, 5.41) is 13.5. The summed E-state index contributed by atoms with van der Waals surface area (Å²) in [5.41, 5.74) is 3.72. The molecule has 37 heavy (non-hydrogen) atoms. The molecule has 2 saturated heterocycles. The van der Waals surface area contributed by atoms with E-state index in [-0.39, 0.29) is 12.2 Å². The number of ether oxygens (including phenoxy) is 2. The summed E-state index contributed by atoms with van der Waals surface area (Å²) >= 11 is 0. The van der Waals surface area contributed by atoms with Crippen molar-refractivity contribution in [1.29, 1.82) is 0 Å². The van der Waals surface area contributed by atoms with E-state index in [1.165, 1.54) is 17.7 Å². The molecule has 8 heteroatoms. The van der Waals surface area contributed by atoms with E-state index in [1.807, 2.05) is 4.90 Å². The molecule has 1 aromatic heterocycles. The fourth-order valence-corrected chi connectivity index (χ4v) is 5.84. The van der Waals surface area contributed by atoms with E-state index >= 15 is 0 Å². The van der Waals surface area contributed by atoms with Crippen LogP contribution in [0.15, 0.2) is 30.3 Å². The van der Waals surface area contributed by atoms with Gasteiger partial charge in [-0.3, -0.25) is 9.69 Å². The maximum absolute atomic E-state index is 14.3. The normalized spacial score (nSPS) is 22.8. The number of anilines is 1. The fraction of sp³-hybridized carbons (Fsp3) is 0.586. The molecule has 2 aromatic rings. The van der Waals surface area contributed by atoms with Crippen LogP contribution in [0.1, 0.15) is 79.5 Å². The summed E-state index contributed by atoms with van der Waals surface area (Å²) < 4.78 is 26.3. The zero-order chi connectivity index (χ0) is 25.6. The van der Waals surface area contributed by atoms with Crippen molar-refractivity contribution >= 4 is 11.8 Å². The number of hydrogen-bond donors (Lipinski definition) is 2. The number of nitrogens with zero attached hydrogens (tertiary/aromatic N) is 2. The number of carboxylic acids is 1. The van der Waals surface area contributed by atoms with Gasteiger partial charge in [0.05, 0.1) is 12.2 Å². The lowest BCUT2D eigenvalue weighted by atomic mass is 9.92. The number of hydrogen-bond acceptors (Lipinski definition) is 6. The highest BCUT2D eigenvalue weighted by Crippen LogP contribution is 2.36. The number of halogens is 1. The van der Waals surface area contributed by atoms with Crippen LogP contribution in [-0.4, -0.2) is 59.9 Å². The number of unbranched alkanes of at least 4 members (excludes halogenated alkanes) is 1. The van der Waals surface area contributed by atoms with Crippen molar-refractivity contribution in [1.82, 2.24) is 9.88 Å². The molecular weight excluding hydrogens is 473 g/mol. The number of likely N-dealkylation sites (tertiary alicyclic amines) is 1. The Morgan fingerprint density at radius 3 is 2.97 bits per heavy atom. The molecule has 2 N–H and O–H groups in total. The van der Waals surface area contributed by atoms with E-state index in [9.17, 15) is 14.3 Å². The minimum absolute atomic E-state index is 0.0177. The highest BCUT2D eigenvalue weighted by atomic mass is 19.1. The smallest absolute Gasteiger partial charge is 0.325 e. The summed E-state index contributed by atoms with van der Waals surface area (Å²) in [7, 11) is 0. The Labute approximate surface area is 218 Å². The molecule has 3 aliphatic rings. The first-order chi connectivity index (χ1) is 18.1. The average molecular weight is 512 g/mol. The molecule has 1 aromatic carbocycles. The Kier molecular flexibility index (Phi) is 8.69. The fourth-order valence-electron chi connectivity index (χ4n) is 5.84. The molecule has 0 spiro atoms. The second kappa shape index (κ2) is 12.3. The van der Waals surface area contributed by atoms with E-state index in [1.54, 1.807) is 6.07 Å². The SMILES string of the molecule is O=C(O)C(c1cc(F)ccc1[C@H]1CCCCO1)N1CC[C@H](OCCCCc2ccc3c(n2)NCCC3)C1. The van der Waals surface area contributed by atoms with Crippen LogP contribution in [0.2, 0.25) is 0 Å². The van der Waals surface area contributed by atoms with Gasteiger partial charge in [-0.2, -0.15) is 0 Å². The second-order valence-electron chi connectivity index (χ2n) is 10.4. The van der Waals surface area contributed by atoms with Crippen LogP contribution in [0.3, 0.4) is 0 Å². The molecule has 1 unspecified atom stereocenters. The summed E-state index contributed by atoms with van der Waals surface area (Å²) in [4.78, 5) is 19.1. The summed E-state index contributed by atoms with van der Waals surface area (Å²) in [5.74, 6) is -0.345. The van der Waals surface area contributed by atoms with Crippen LogP contribution in [0.5, 0.6) is 0 Å². The Hall–Kier alpha value is -2.55. The van der Waals surface area contributed by atoms with Crippen LogP contribution in [0.4, 0.5) is 10.2 Å². The van der Waals surface area contributed by atoms with Gasteiger partial charge in [0, 0.05) is 38.5 Å². The Morgan fingerprint density at radius 2 is 2.14 bits per heavy atom. The first-order valence-electron chi connectivity index (χ1n) is 13.8. The van der Waals surface area contributed by atoms with Gasteiger partial charge in [0.2, 0.25) is 0 Å². The largest absolute Gasteiger partial charge is 0.480 e. The number of pyridine rings is 1. The first kappa shape index (κ1) is 26.1. The monoisotopic (exact) mass is 511 g/mol. The molecule has 3 aliphatic heterocycles. The van der Waals surface area contributed by atoms with Gasteiger partial charge in [0.15, 0.2) is 0 Å². The van der Waals surface area contributed by atoms with Crippen molar-refractivity contribution in [2.75, 3.05) is 38.2 Å². The lowest BCUT2D eigenvalue weighted by molar-refractivity contribution is -0.143. The number of fused-ring (bicyclic) bond motifs is 1. The van der Waals surface area contributed by atoms with Crippen molar-refractivity contribution in [3.05, 3.63) is 58.5 Å². The predicted molar refractivity (Wildman–Crippen MR) is 139 cm³/mol. The minimum Gasteiger partial charge on any atom is -0.480 e. The van der Waals surface area contributed by atoms with Gasteiger partial charge >= 0.3 is 5.97 Å². The Balaban J connectivity index is 1.13. The van der Waals surface area contributed by atoms with Gasteiger partial charge in [0.25, 0.3) is 0 Å². The number of nitrogens with one attached hydrogen (secondary N) is 1. The van der Waals surface area contributed by atoms with Crippen LogP contribution < -0.4 is 5.32 Å². The highest BCUT2D eigenvalue weighted by Gasteiger charge is 2.36. The maximum Gasteiger partial charge on any atom is 0.325 e. The van der Waals surface area contributed by atoms with E-state index in [4.69, 9.17) is 14.5 Å². The van der Waals surface area contributed by atoms with Crippen molar-refractivity contribution in [2.24, 2.45) is 0 Å². The number of aliphatic carboxylic acids is 1. The lowest BCUT2D eigenvalue weighted by Crippen LogP contribution is -2.34. The topological polar surface area (TPSA) is 83.9 Å². The van der Waals surface area contributed by atoms with Crippen LogP contribution in [-0.2, 0) is 27.1 Å². The van der Waals surface area contributed by atoms with E-state index in [2.05, 4.69) is 17.4 Å². The highest BCUT2D eigenvalue weighted by molar-refractivity contribution is 5.76. The van der Waals surface area contributed by atoms with Gasteiger partial charge in [-0.1, -0.05) is 12.1 Å². The van der Waals surface area contributed by atoms with Crippen LogP contribution >= 0.6 is 0 Å². The molecule has 0 radical (unpaired) electrons. The van der Waals surface area contributed by atoms with E-state index < -0.39 is 17.8 Å². The molecule has 7 nitrogen and oxygen atoms in total. The van der Waals surface area contributed by atoms with E-state index in [0.29, 0.717) is 31.9 Å². The van der Waals surface area contributed by atoms with E-state index in [0.717, 1.165) is 81.4 Å². The third-order valence-corrected chi connectivity index (χ3v) is 7.78. The summed E-state index contributed by atoms with van der Waals surface area (Å²) in [6, 6.07) is 7.90. The van der Waals surface area contributed by atoms with Crippen LogP contribution in [0.25, 0.3) is 0 Å². The standard InChI is InChI=1S/C29H38FN3O4/c30-21-10-12-24(26-8-2-4-17-37-26)25(18-21)27(29(34)35)33-15-13-23(19-33)36-16-3-1-7-22-11-9-20-6-5-14-31-28(20)32-22/h9-12,18,23,26-27H,1-8,13-17,19H2,(H,31,32)(H,34,35)/t23-,26+,27?/m0/s1. The number of aryl methyl sites for hydroxylation is 2. The average Bonchev–Trinajstić information content (AvgIpc) is 3.37. The molecule has 0 aliphatic carbocycles. The zero-order valence-electron chi connectivity index (χ0n) is 21.5. The number of rotatable bonds is 10. The van der Waals surface area contributed by atoms with Gasteiger partial charge in [-0.15, -0.1) is 0 Å². The van der Waals surface area contributed by atoms with Gasteiger partial charge in [-0.25, -0.2) is 9.37 Å². The predicted octanol–water partition coefficient (Wildman–Crippen LogP) is 5.06. The third kappa shape index (κ3) is 6.48. The molecule has 200 valence electrons. The molecular formula is C29H38FN3O4. The minimum atomic E-state index is -0.963. The van der Waals surface area contributed by atoms with Gasteiger partial charge in [0.1, 0.15) is 17.7 Å². The Bertz CT molecular complexity index is 1080. The molecule has 0 amide bonds. The molecule has 0 saturated carbocycles. The number of benzene rings is 1. The molecule has 4 heterocycles. The third-order valence-electron chi connectivity index (χ3n) is 7.78. The van der Waals surface area contributed by atoms with Crippen LogP contribution in [0, 0.1) is 5.82 Å². The quantitative estimate of drug-likeness (QED) is 0.432.